The van der Waals surface area contributed by atoms with Crippen LogP contribution in [0.2, 0.25) is 0 Å². The van der Waals surface area contributed by atoms with Gasteiger partial charge in [0.1, 0.15) is 0 Å². The molecule has 1 aliphatic rings. The molecule has 3 heteroatoms. The Morgan fingerprint density at radius 2 is 2.26 bits per heavy atom. The van der Waals surface area contributed by atoms with Gasteiger partial charge in [-0.3, -0.25) is 9.88 Å². The van der Waals surface area contributed by atoms with E-state index in [1.165, 1.54) is 37.1 Å². The Bertz CT molecular complexity index is 391. The molecule has 1 N–H and O–H groups in total. The number of aromatic nitrogens is 1. The summed E-state index contributed by atoms with van der Waals surface area (Å²) in [6, 6.07) is 2.95. The normalized spacial score (nSPS) is 24.6. The number of nitrogens with one attached hydrogen (secondary N) is 1. The van der Waals surface area contributed by atoms with E-state index in [9.17, 15) is 0 Å². The number of likely N-dealkylation sites (tertiary alicyclic amines) is 1. The number of hydrogen-bond donors (Lipinski definition) is 1. The van der Waals surface area contributed by atoms with Gasteiger partial charge in [0.25, 0.3) is 0 Å². The highest BCUT2D eigenvalue weighted by atomic mass is 15.1. The average molecular weight is 261 g/mol. The third kappa shape index (κ3) is 4.29. The first-order valence-corrected chi connectivity index (χ1v) is 7.55. The van der Waals surface area contributed by atoms with Crippen LogP contribution in [-0.4, -0.2) is 35.6 Å². The average Bonchev–Trinajstić information content (AvgIpc) is 2.38. The quantitative estimate of drug-likeness (QED) is 0.883. The minimum atomic E-state index is 0.701. The number of piperidine rings is 1. The van der Waals surface area contributed by atoms with Gasteiger partial charge in [-0.05, 0) is 49.9 Å². The summed E-state index contributed by atoms with van der Waals surface area (Å²) in [7, 11) is 0. The second-order valence-corrected chi connectivity index (χ2v) is 5.93. The maximum atomic E-state index is 4.29. The monoisotopic (exact) mass is 261 g/mol. The lowest BCUT2D eigenvalue weighted by Crippen LogP contribution is -2.48. The van der Waals surface area contributed by atoms with Gasteiger partial charge in [-0.15, -0.1) is 0 Å². The van der Waals surface area contributed by atoms with Gasteiger partial charge in [0.2, 0.25) is 0 Å². The zero-order chi connectivity index (χ0) is 13.7. The second-order valence-electron chi connectivity index (χ2n) is 5.93. The molecule has 0 aromatic carbocycles. The lowest BCUT2D eigenvalue weighted by Gasteiger charge is -2.37. The van der Waals surface area contributed by atoms with Crippen LogP contribution in [0.15, 0.2) is 18.5 Å². The first-order chi connectivity index (χ1) is 9.19. The van der Waals surface area contributed by atoms with Crippen LogP contribution in [0.3, 0.4) is 0 Å². The molecule has 1 aromatic rings. The van der Waals surface area contributed by atoms with E-state index in [1.54, 1.807) is 0 Å². The SMILES string of the molecule is CCCNC1CCN(Cc2cncc(C)c2)CC1C. The molecule has 19 heavy (non-hydrogen) atoms. The van der Waals surface area contributed by atoms with Crippen LogP contribution in [0.25, 0.3) is 0 Å². The van der Waals surface area contributed by atoms with Crippen molar-refractivity contribution in [2.75, 3.05) is 19.6 Å². The molecule has 106 valence electrons. The molecule has 2 unspecified atom stereocenters. The van der Waals surface area contributed by atoms with Crippen molar-refractivity contribution in [3.05, 3.63) is 29.6 Å². The highest BCUT2D eigenvalue weighted by molar-refractivity contribution is 5.16. The molecule has 1 aliphatic heterocycles. The van der Waals surface area contributed by atoms with Gasteiger partial charge in [-0.25, -0.2) is 0 Å². The van der Waals surface area contributed by atoms with E-state index in [1.807, 2.05) is 12.4 Å². The van der Waals surface area contributed by atoms with Crippen molar-refractivity contribution in [3.63, 3.8) is 0 Å². The van der Waals surface area contributed by atoms with Crippen LogP contribution >= 0.6 is 0 Å². The van der Waals surface area contributed by atoms with Crippen LogP contribution in [0, 0.1) is 12.8 Å². The van der Waals surface area contributed by atoms with Gasteiger partial charge in [0.15, 0.2) is 0 Å². The number of rotatable bonds is 5. The number of pyridine rings is 1. The Morgan fingerprint density at radius 3 is 2.95 bits per heavy atom. The number of hydrogen-bond acceptors (Lipinski definition) is 3. The van der Waals surface area contributed by atoms with Gasteiger partial charge < -0.3 is 5.32 Å². The Labute approximate surface area is 117 Å². The van der Waals surface area contributed by atoms with Crippen molar-refractivity contribution in [3.8, 4) is 0 Å². The van der Waals surface area contributed by atoms with E-state index in [0.29, 0.717) is 6.04 Å². The molecule has 0 aliphatic carbocycles. The van der Waals surface area contributed by atoms with Gasteiger partial charge in [0.05, 0.1) is 0 Å². The third-order valence-electron chi connectivity index (χ3n) is 3.98. The second kappa shape index (κ2) is 7.01. The molecule has 1 aromatic heterocycles. The lowest BCUT2D eigenvalue weighted by molar-refractivity contribution is 0.141. The predicted octanol–water partition coefficient (Wildman–Crippen LogP) is 2.60. The standard InChI is InChI=1S/C16H27N3/c1-4-6-18-16-5-7-19(11-14(16)3)12-15-8-13(2)9-17-10-15/h8-10,14,16,18H,4-7,11-12H2,1-3H3. The van der Waals surface area contributed by atoms with Crippen LogP contribution < -0.4 is 5.32 Å². The molecule has 0 spiro atoms. The van der Waals surface area contributed by atoms with Crippen molar-refractivity contribution in [1.29, 1.82) is 0 Å². The summed E-state index contributed by atoms with van der Waals surface area (Å²) < 4.78 is 0. The van der Waals surface area contributed by atoms with Crippen LogP contribution in [-0.2, 0) is 6.54 Å². The maximum absolute atomic E-state index is 4.29. The molecule has 0 amide bonds. The minimum Gasteiger partial charge on any atom is -0.314 e. The summed E-state index contributed by atoms with van der Waals surface area (Å²) in [5, 5.41) is 3.68. The summed E-state index contributed by atoms with van der Waals surface area (Å²) in [5.41, 5.74) is 2.59. The van der Waals surface area contributed by atoms with Gasteiger partial charge in [-0.1, -0.05) is 19.9 Å². The molecule has 0 radical (unpaired) electrons. The summed E-state index contributed by atoms with van der Waals surface area (Å²) in [6.07, 6.45) is 6.41. The highest BCUT2D eigenvalue weighted by Crippen LogP contribution is 2.19. The van der Waals surface area contributed by atoms with E-state index >= 15 is 0 Å². The van der Waals surface area contributed by atoms with Gasteiger partial charge in [0, 0.05) is 31.5 Å². The highest BCUT2D eigenvalue weighted by Gasteiger charge is 2.25. The largest absolute Gasteiger partial charge is 0.314 e. The smallest absolute Gasteiger partial charge is 0.0313 e. The molecule has 0 bridgehead atoms. The van der Waals surface area contributed by atoms with Gasteiger partial charge in [-0.2, -0.15) is 0 Å². The molecule has 1 saturated heterocycles. The molecule has 2 rings (SSSR count). The third-order valence-corrected chi connectivity index (χ3v) is 3.98. The van der Waals surface area contributed by atoms with E-state index in [-0.39, 0.29) is 0 Å². The zero-order valence-corrected chi connectivity index (χ0v) is 12.5. The van der Waals surface area contributed by atoms with Crippen molar-refractivity contribution in [2.24, 2.45) is 5.92 Å². The number of aryl methyl sites for hydroxylation is 1. The Kier molecular flexibility index (Phi) is 5.34. The van der Waals surface area contributed by atoms with E-state index in [4.69, 9.17) is 0 Å². The Morgan fingerprint density at radius 1 is 1.42 bits per heavy atom. The summed E-state index contributed by atoms with van der Waals surface area (Å²) in [5.74, 6) is 0.734. The lowest BCUT2D eigenvalue weighted by atomic mass is 9.93. The fourth-order valence-electron chi connectivity index (χ4n) is 2.97. The summed E-state index contributed by atoms with van der Waals surface area (Å²) >= 11 is 0. The molecule has 1 fully saturated rings. The first-order valence-electron chi connectivity index (χ1n) is 7.55. The van der Waals surface area contributed by atoms with Crippen molar-refractivity contribution < 1.29 is 0 Å². The fraction of sp³-hybridized carbons (Fsp3) is 0.688. The number of nitrogens with zero attached hydrogens (tertiary/aromatic N) is 2. The van der Waals surface area contributed by atoms with Crippen molar-refractivity contribution in [2.45, 2.75) is 46.2 Å². The predicted molar refractivity (Wildman–Crippen MR) is 80.1 cm³/mol. The summed E-state index contributed by atoms with van der Waals surface area (Å²) in [4.78, 5) is 6.85. The van der Waals surface area contributed by atoms with E-state index in [2.05, 4.69) is 42.0 Å². The zero-order valence-electron chi connectivity index (χ0n) is 12.5. The van der Waals surface area contributed by atoms with E-state index in [0.717, 1.165) is 19.0 Å². The van der Waals surface area contributed by atoms with Crippen molar-refractivity contribution in [1.82, 2.24) is 15.2 Å². The first kappa shape index (κ1) is 14.5. The Balaban J connectivity index is 1.84. The minimum absolute atomic E-state index is 0.701. The van der Waals surface area contributed by atoms with Crippen LogP contribution in [0.1, 0.15) is 37.8 Å². The Hall–Kier alpha value is -0.930. The molecule has 0 saturated carbocycles. The molecule has 2 heterocycles. The molecule has 3 nitrogen and oxygen atoms in total. The summed E-state index contributed by atoms with van der Waals surface area (Å²) in [6.45, 7) is 11.3. The maximum Gasteiger partial charge on any atom is 0.0313 e. The molecule has 2 atom stereocenters. The van der Waals surface area contributed by atoms with E-state index < -0.39 is 0 Å². The van der Waals surface area contributed by atoms with Gasteiger partial charge >= 0.3 is 0 Å². The van der Waals surface area contributed by atoms with Crippen LogP contribution in [0.4, 0.5) is 0 Å². The molecular weight excluding hydrogens is 234 g/mol. The van der Waals surface area contributed by atoms with Crippen molar-refractivity contribution >= 4 is 0 Å². The topological polar surface area (TPSA) is 28.2 Å². The fourth-order valence-corrected chi connectivity index (χ4v) is 2.97. The molecular formula is C16H27N3. The van der Waals surface area contributed by atoms with Crippen LogP contribution in [0.5, 0.6) is 0 Å².